The molecule has 17 heavy (non-hydrogen) atoms. The average Bonchev–Trinajstić information content (AvgIpc) is 3.06. The number of hydrogen-bond acceptors (Lipinski definition) is 1. The molecular formula is C16H24O. The Bertz CT molecular complexity index is 361. The van der Waals surface area contributed by atoms with Crippen molar-refractivity contribution in [2.24, 2.45) is 40.9 Å². The van der Waals surface area contributed by atoms with Crippen LogP contribution in [0.2, 0.25) is 0 Å². The van der Waals surface area contributed by atoms with Gasteiger partial charge in [0.25, 0.3) is 0 Å². The van der Waals surface area contributed by atoms with Gasteiger partial charge in [-0.3, -0.25) is 0 Å². The van der Waals surface area contributed by atoms with Crippen LogP contribution in [-0.4, -0.2) is 11.7 Å². The van der Waals surface area contributed by atoms with Crippen molar-refractivity contribution in [1.29, 1.82) is 0 Å². The maximum atomic E-state index is 9.41. The molecule has 0 aromatic rings. The molecule has 0 amide bonds. The molecule has 0 heterocycles. The van der Waals surface area contributed by atoms with Gasteiger partial charge in [-0.05, 0) is 66.6 Å². The van der Waals surface area contributed by atoms with Gasteiger partial charge in [-0.25, -0.2) is 0 Å². The van der Waals surface area contributed by atoms with Gasteiger partial charge < -0.3 is 5.11 Å². The van der Waals surface area contributed by atoms with Crippen molar-refractivity contribution in [2.45, 2.75) is 39.0 Å². The SMILES string of the molecule is CCC1(CCO)CC2CC1C1C3C=CC(C3)C21. The van der Waals surface area contributed by atoms with E-state index in [-0.39, 0.29) is 0 Å². The quantitative estimate of drug-likeness (QED) is 0.585. The highest BCUT2D eigenvalue weighted by Gasteiger charge is 2.64. The minimum Gasteiger partial charge on any atom is -0.396 e. The number of fused-ring (bicyclic) bond motifs is 9. The van der Waals surface area contributed by atoms with E-state index >= 15 is 0 Å². The van der Waals surface area contributed by atoms with Crippen LogP contribution in [0.3, 0.4) is 0 Å². The summed E-state index contributed by atoms with van der Waals surface area (Å²) in [6.07, 6.45) is 11.8. The standard InChI is InChI=1S/C16H24O/c1-2-16(5-6-17)9-12-8-13(16)15-11-4-3-10(7-11)14(12)15/h3-4,10-15,17H,2,5-9H2,1H3. The summed E-state index contributed by atoms with van der Waals surface area (Å²) in [5.41, 5.74) is 0.513. The van der Waals surface area contributed by atoms with Crippen LogP contribution in [-0.2, 0) is 0 Å². The van der Waals surface area contributed by atoms with Gasteiger partial charge in [0.15, 0.2) is 0 Å². The highest BCUT2D eigenvalue weighted by Crippen LogP contribution is 2.71. The number of aliphatic hydroxyl groups is 1. The van der Waals surface area contributed by atoms with Crippen LogP contribution in [0.25, 0.3) is 0 Å². The van der Waals surface area contributed by atoms with Crippen LogP contribution in [0, 0.1) is 40.9 Å². The molecule has 1 nitrogen and oxygen atoms in total. The lowest BCUT2D eigenvalue weighted by Gasteiger charge is -2.45. The third-order valence-corrected chi connectivity index (χ3v) is 6.92. The molecule has 3 saturated carbocycles. The van der Waals surface area contributed by atoms with Crippen molar-refractivity contribution in [3.63, 3.8) is 0 Å². The summed E-state index contributed by atoms with van der Waals surface area (Å²) < 4.78 is 0. The predicted molar refractivity (Wildman–Crippen MR) is 68.4 cm³/mol. The Morgan fingerprint density at radius 2 is 1.94 bits per heavy atom. The van der Waals surface area contributed by atoms with E-state index < -0.39 is 0 Å². The molecule has 4 bridgehead atoms. The molecule has 3 fully saturated rings. The van der Waals surface area contributed by atoms with Crippen LogP contribution >= 0.6 is 0 Å². The summed E-state index contributed by atoms with van der Waals surface area (Å²) in [5.74, 6) is 5.81. The molecule has 94 valence electrons. The van der Waals surface area contributed by atoms with Crippen molar-refractivity contribution in [3.05, 3.63) is 12.2 Å². The molecule has 1 heteroatoms. The minimum atomic E-state index is 0.401. The van der Waals surface area contributed by atoms with E-state index in [0.717, 1.165) is 41.9 Å². The first-order valence-corrected chi connectivity index (χ1v) is 7.58. The normalized spacial score (nSPS) is 58.0. The average molecular weight is 232 g/mol. The fraction of sp³-hybridized carbons (Fsp3) is 0.875. The second-order valence-electron chi connectivity index (χ2n) is 7.10. The van der Waals surface area contributed by atoms with Gasteiger partial charge >= 0.3 is 0 Å². The van der Waals surface area contributed by atoms with Gasteiger partial charge in [0, 0.05) is 6.61 Å². The molecule has 0 aliphatic heterocycles. The Morgan fingerprint density at radius 3 is 2.65 bits per heavy atom. The Labute approximate surface area is 104 Å². The first-order chi connectivity index (χ1) is 8.29. The van der Waals surface area contributed by atoms with Gasteiger partial charge in [-0.1, -0.05) is 25.5 Å². The van der Waals surface area contributed by atoms with Gasteiger partial charge in [0.2, 0.25) is 0 Å². The van der Waals surface area contributed by atoms with Crippen LogP contribution in [0.15, 0.2) is 12.2 Å². The Kier molecular flexibility index (Phi) is 2.11. The molecule has 7 atom stereocenters. The summed E-state index contributed by atoms with van der Waals surface area (Å²) in [6.45, 7) is 2.76. The van der Waals surface area contributed by atoms with Crippen molar-refractivity contribution in [2.75, 3.05) is 6.61 Å². The molecule has 0 aromatic heterocycles. The van der Waals surface area contributed by atoms with E-state index in [2.05, 4.69) is 19.1 Å². The molecular weight excluding hydrogens is 208 g/mol. The first kappa shape index (κ1) is 10.6. The Morgan fingerprint density at radius 1 is 1.18 bits per heavy atom. The van der Waals surface area contributed by atoms with E-state index in [1.807, 2.05) is 0 Å². The predicted octanol–water partition coefficient (Wildman–Crippen LogP) is 3.24. The Balaban J connectivity index is 1.68. The fourth-order valence-corrected chi connectivity index (χ4v) is 6.41. The number of hydrogen-bond donors (Lipinski definition) is 1. The molecule has 0 saturated heterocycles. The van der Waals surface area contributed by atoms with Gasteiger partial charge in [0.05, 0.1) is 0 Å². The summed E-state index contributed by atoms with van der Waals surface area (Å²) in [4.78, 5) is 0. The van der Waals surface area contributed by atoms with E-state index in [1.54, 1.807) is 0 Å². The van der Waals surface area contributed by atoms with Gasteiger partial charge in [-0.15, -0.1) is 0 Å². The summed E-state index contributed by atoms with van der Waals surface area (Å²) in [5, 5.41) is 9.41. The van der Waals surface area contributed by atoms with Crippen LogP contribution in [0.1, 0.15) is 39.0 Å². The molecule has 1 N–H and O–H groups in total. The van der Waals surface area contributed by atoms with Gasteiger partial charge in [-0.2, -0.15) is 0 Å². The molecule has 4 aliphatic carbocycles. The lowest BCUT2D eigenvalue weighted by molar-refractivity contribution is 0.0329. The first-order valence-electron chi connectivity index (χ1n) is 7.58. The van der Waals surface area contributed by atoms with E-state index in [9.17, 15) is 5.11 Å². The van der Waals surface area contributed by atoms with Crippen LogP contribution in [0.5, 0.6) is 0 Å². The topological polar surface area (TPSA) is 20.2 Å². The van der Waals surface area contributed by atoms with Crippen molar-refractivity contribution in [1.82, 2.24) is 0 Å². The Hall–Kier alpha value is -0.300. The highest BCUT2D eigenvalue weighted by molar-refractivity contribution is 5.22. The van der Waals surface area contributed by atoms with Crippen LogP contribution < -0.4 is 0 Å². The lowest BCUT2D eigenvalue weighted by Crippen LogP contribution is -2.39. The molecule has 0 spiro atoms. The number of aliphatic hydroxyl groups excluding tert-OH is 1. The van der Waals surface area contributed by atoms with Gasteiger partial charge in [0.1, 0.15) is 0 Å². The summed E-state index contributed by atoms with van der Waals surface area (Å²) in [6, 6.07) is 0. The molecule has 4 aliphatic rings. The maximum Gasteiger partial charge on any atom is 0.0436 e. The molecule has 4 rings (SSSR count). The third kappa shape index (κ3) is 1.15. The summed E-state index contributed by atoms with van der Waals surface area (Å²) >= 11 is 0. The maximum absolute atomic E-state index is 9.41. The summed E-state index contributed by atoms with van der Waals surface area (Å²) in [7, 11) is 0. The second kappa shape index (κ2) is 3.38. The zero-order valence-electron chi connectivity index (χ0n) is 10.8. The highest BCUT2D eigenvalue weighted by atomic mass is 16.3. The zero-order valence-corrected chi connectivity index (χ0v) is 10.8. The smallest absolute Gasteiger partial charge is 0.0436 e. The number of rotatable bonds is 3. The third-order valence-electron chi connectivity index (χ3n) is 6.92. The fourth-order valence-electron chi connectivity index (χ4n) is 6.41. The van der Waals surface area contributed by atoms with E-state index in [4.69, 9.17) is 0 Å². The largest absolute Gasteiger partial charge is 0.396 e. The lowest BCUT2D eigenvalue weighted by atomic mass is 9.60. The van der Waals surface area contributed by atoms with Crippen molar-refractivity contribution < 1.29 is 5.11 Å². The van der Waals surface area contributed by atoms with Crippen molar-refractivity contribution in [3.8, 4) is 0 Å². The van der Waals surface area contributed by atoms with E-state index in [1.165, 1.54) is 25.7 Å². The van der Waals surface area contributed by atoms with E-state index in [0.29, 0.717) is 12.0 Å². The molecule has 0 radical (unpaired) electrons. The van der Waals surface area contributed by atoms with Crippen LogP contribution in [0.4, 0.5) is 0 Å². The number of allylic oxidation sites excluding steroid dienone is 2. The van der Waals surface area contributed by atoms with Crippen molar-refractivity contribution >= 4 is 0 Å². The zero-order chi connectivity index (χ0) is 11.6. The minimum absolute atomic E-state index is 0.401. The second-order valence-corrected chi connectivity index (χ2v) is 7.10. The monoisotopic (exact) mass is 232 g/mol. The molecule has 7 unspecified atom stereocenters. The molecule has 0 aromatic carbocycles.